The van der Waals surface area contributed by atoms with Crippen LogP contribution in [0.3, 0.4) is 0 Å². The van der Waals surface area contributed by atoms with Gasteiger partial charge in [0.25, 0.3) is 0 Å². The second kappa shape index (κ2) is 6.47. The highest BCUT2D eigenvalue weighted by molar-refractivity contribution is 4.64. The van der Waals surface area contributed by atoms with Crippen molar-refractivity contribution in [3.8, 4) is 0 Å². The van der Waals surface area contributed by atoms with Gasteiger partial charge in [0.2, 0.25) is 0 Å². The fourth-order valence-corrected chi connectivity index (χ4v) is 2.21. The van der Waals surface area contributed by atoms with E-state index in [0.717, 1.165) is 5.92 Å². The Morgan fingerprint density at radius 1 is 0.917 bits per heavy atom. The maximum absolute atomic E-state index is 3.31. The lowest BCUT2D eigenvalue weighted by Crippen LogP contribution is -2.18. The smallest absolute Gasteiger partial charge is 0.00235 e. The topological polar surface area (TPSA) is 12.0 Å². The van der Waals surface area contributed by atoms with Gasteiger partial charge in [0.15, 0.2) is 0 Å². The van der Waals surface area contributed by atoms with E-state index in [9.17, 15) is 0 Å². The third-order valence-corrected chi connectivity index (χ3v) is 2.97. The van der Waals surface area contributed by atoms with Crippen LogP contribution in [-0.4, -0.2) is 13.6 Å². The molecule has 1 nitrogen and oxygen atoms in total. The van der Waals surface area contributed by atoms with Crippen molar-refractivity contribution in [3.05, 3.63) is 0 Å². The molecule has 0 unspecified atom stereocenters. The third kappa shape index (κ3) is 4.10. The van der Waals surface area contributed by atoms with E-state index in [0.29, 0.717) is 0 Å². The first-order valence-electron chi connectivity index (χ1n) is 5.58. The normalized spacial score (nSPS) is 22.8. The monoisotopic (exact) mass is 169 g/mol. The highest BCUT2D eigenvalue weighted by Gasteiger charge is 2.08. The minimum absolute atomic E-state index is 0.966. The zero-order valence-corrected chi connectivity index (χ0v) is 8.44. The van der Waals surface area contributed by atoms with Gasteiger partial charge in [-0.05, 0) is 32.4 Å². The molecule has 1 rings (SSSR count). The van der Waals surface area contributed by atoms with Gasteiger partial charge in [0.1, 0.15) is 0 Å². The van der Waals surface area contributed by atoms with Crippen LogP contribution in [0.1, 0.15) is 51.4 Å². The van der Waals surface area contributed by atoms with Gasteiger partial charge >= 0.3 is 0 Å². The lowest BCUT2D eigenvalue weighted by Gasteiger charge is -2.14. The Hall–Kier alpha value is -0.0400. The van der Waals surface area contributed by atoms with Crippen molar-refractivity contribution in [2.75, 3.05) is 13.6 Å². The molecule has 1 N–H and O–H groups in total. The maximum atomic E-state index is 3.31. The van der Waals surface area contributed by atoms with Crippen LogP contribution in [0.25, 0.3) is 0 Å². The van der Waals surface area contributed by atoms with Gasteiger partial charge in [0, 0.05) is 0 Å². The molecule has 0 aliphatic heterocycles. The molecule has 72 valence electrons. The van der Waals surface area contributed by atoms with E-state index >= 15 is 0 Å². The van der Waals surface area contributed by atoms with Crippen molar-refractivity contribution in [1.29, 1.82) is 0 Å². The summed E-state index contributed by atoms with van der Waals surface area (Å²) in [7, 11) is 2.08. The molecule has 0 bridgehead atoms. The number of rotatable bonds is 2. The first-order chi connectivity index (χ1) is 5.93. The molecule has 1 aliphatic carbocycles. The summed E-state index contributed by atoms with van der Waals surface area (Å²) >= 11 is 0. The Balaban J connectivity index is 2.19. The molecule has 0 saturated heterocycles. The predicted molar refractivity (Wildman–Crippen MR) is 54.4 cm³/mol. The van der Waals surface area contributed by atoms with Gasteiger partial charge in [-0.1, -0.05) is 38.5 Å². The largest absolute Gasteiger partial charge is 0.319 e. The molecule has 0 heterocycles. The molecule has 12 heavy (non-hydrogen) atoms. The fourth-order valence-electron chi connectivity index (χ4n) is 2.21. The predicted octanol–water partition coefficient (Wildman–Crippen LogP) is 2.96. The molecule has 1 fully saturated rings. The van der Waals surface area contributed by atoms with Gasteiger partial charge < -0.3 is 5.32 Å². The molecule has 1 heteroatoms. The summed E-state index contributed by atoms with van der Waals surface area (Å²) in [5.74, 6) is 0.966. The Morgan fingerprint density at radius 3 is 1.92 bits per heavy atom. The summed E-state index contributed by atoms with van der Waals surface area (Å²) in [5, 5.41) is 3.31. The lowest BCUT2D eigenvalue weighted by atomic mass is 9.97. The van der Waals surface area contributed by atoms with Gasteiger partial charge in [0.05, 0.1) is 0 Å². The molecule has 0 radical (unpaired) electrons. The molecule has 1 aliphatic rings. The SMILES string of the molecule is CNCC1CCCCCCCC1. The average Bonchev–Trinajstić information content (AvgIpc) is 2.19. The fraction of sp³-hybridized carbons (Fsp3) is 1.00. The number of hydrogen-bond acceptors (Lipinski definition) is 1. The van der Waals surface area contributed by atoms with Crippen molar-refractivity contribution >= 4 is 0 Å². The highest BCUT2D eigenvalue weighted by atomic mass is 14.8. The van der Waals surface area contributed by atoms with Gasteiger partial charge in [-0.3, -0.25) is 0 Å². The van der Waals surface area contributed by atoms with Crippen LogP contribution in [0.5, 0.6) is 0 Å². The van der Waals surface area contributed by atoms with Crippen LogP contribution < -0.4 is 5.32 Å². The molecule has 0 spiro atoms. The summed E-state index contributed by atoms with van der Waals surface area (Å²) in [5.41, 5.74) is 0. The van der Waals surface area contributed by atoms with E-state index in [1.165, 1.54) is 57.9 Å². The van der Waals surface area contributed by atoms with E-state index in [1.807, 2.05) is 0 Å². The molecule has 0 atom stereocenters. The highest BCUT2D eigenvalue weighted by Crippen LogP contribution is 2.20. The van der Waals surface area contributed by atoms with E-state index < -0.39 is 0 Å². The maximum Gasteiger partial charge on any atom is -0.00235 e. The number of hydrogen-bond donors (Lipinski definition) is 1. The Morgan fingerprint density at radius 2 is 1.42 bits per heavy atom. The van der Waals surface area contributed by atoms with Crippen LogP contribution >= 0.6 is 0 Å². The van der Waals surface area contributed by atoms with Crippen LogP contribution in [0, 0.1) is 5.92 Å². The van der Waals surface area contributed by atoms with Crippen molar-refractivity contribution in [3.63, 3.8) is 0 Å². The summed E-state index contributed by atoms with van der Waals surface area (Å²) in [4.78, 5) is 0. The van der Waals surface area contributed by atoms with Crippen LogP contribution in [0.4, 0.5) is 0 Å². The standard InChI is InChI=1S/C11H23N/c1-12-10-11-8-6-4-2-3-5-7-9-11/h11-12H,2-10H2,1H3. The molecule has 0 aromatic heterocycles. The van der Waals surface area contributed by atoms with Crippen molar-refractivity contribution in [2.24, 2.45) is 5.92 Å². The molecule has 0 aromatic rings. The quantitative estimate of drug-likeness (QED) is 0.670. The average molecular weight is 169 g/mol. The molecular formula is C11H23N. The van der Waals surface area contributed by atoms with Gasteiger partial charge in [-0.2, -0.15) is 0 Å². The molecule has 0 aromatic carbocycles. The molecular weight excluding hydrogens is 146 g/mol. The second-order valence-electron chi connectivity index (χ2n) is 4.12. The van der Waals surface area contributed by atoms with Crippen molar-refractivity contribution in [2.45, 2.75) is 51.4 Å². The Bertz CT molecular complexity index is 91.2. The summed E-state index contributed by atoms with van der Waals surface area (Å²) in [6.45, 7) is 1.24. The van der Waals surface area contributed by atoms with E-state index in [1.54, 1.807) is 0 Å². The van der Waals surface area contributed by atoms with E-state index in [2.05, 4.69) is 12.4 Å². The summed E-state index contributed by atoms with van der Waals surface area (Å²) in [6.07, 6.45) is 11.7. The van der Waals surface area contributed by atoms with Crippen LogP contribution in [0.2, 0.25) is 0 Å². The van der Waals surface area contributed by atoms with E-state index in [-0.39, 0.29) is 0 Å². The minimum Gasteiger partial charge on any atom is -0.319 e. The van der Waals surface area contributed by atoms with Crippen LogP contribution in [-0.2, 0) is 0 Å². The first kappa shape index (κ1) is 10.0. The lowest BCUT2D eigenvalue weighted by molar-refractivity contribution is 0.413. The summed E-state index contributed by atoms with van der Waals surface area (Å²) < 4.78 is 0. The van der Waals surface area contributed by atoms with Crippen molar-refractivity contribution < 1.29 is 0 Å². The Kier molecular flexibility index (Phi) is 5.42. The zero-order valence-electron chi connectivity index (χ0n) is 8.44. The zero-order chi connectivity index (χ0) is 8.65. The first-order valence-corrected chi connectivity index (χ1v) is 5.58. The Labute approximate surface area is 76.9 Å². The molecule has 1 saturated carbocycles. The molecule has 0 amide bonds. The minimum atomic E-state index is 0.966. The third-order valence-electron chi connectivity index (χ3n) is 2.97. The van der Waals surface area contributed by atoms with Gasteiger partial charge in [-0.15, -0.1) is 0 Å². The van der Waals surface area contributed by atoms with Gasteiger partial charge in [-0.25, -0.2) is 0 Å². The van der Waals surface area contributed by atoms with E-state index in [4.69, 9.17) is 0 Å². The van der Waals surface area contributed by atoms with Crippen molar-refractivity contribution in [1.82, 2.24) is 5.32 Å². The summed E-state index contributed by atoms with van der Waals surface area (Å²) in [6, 6.07) is 0. The van der Waals surface area contributed by atoms with Crippen LogP contribution in [0.15, 0.2) is 0 Å². The second-order valence-corrected chi connectivity index (χ2v) is 4.12. The number of nitrogens with one attached hydrogen (secondary N) is 1.